The summed E-state index contributed by atoms with van der Waals surface area (Å²) in [6.45, 7) is 0. The minimum Gasteiger partial charge on any atom is -0.497 e. The van der Waals surface area contributed by atoms with E-state index >= 15 is 0 Å². The molecule has 0 unspecified atom stereocenters. The minimum absolute atomic E-state index is 0.0138. The largest absolute Gasteiger partial charge is 0.497 e. The summed E-state index contributed by atoms with van der Waals surface area (Å²) < 4.78 is 10.7. The average molecular weight is 389 g/mol. The van der Waals surface area contributed by atoms with E-state index in [-0.39, 0.29) is 5.91 Å². The minimum atomic E-state index is -0.0138. The van der Waals surface area contributed by atoms with Crippen LogP contribution in [0.15, 0.2) is 41.1 Å². The van der Waals surface area contributed by atoms with E-state index in [1.807, 2.05) is 29.6 Å². The van der Waals surface area contributed by atoms with Gasteiger partial charge in [0.05, 0.1) is 19.9 Å². The van der Waals surface area contributed by atoms with E-state index in [0.717, 1.165) is 29.8 Å². The fourth-order valence-electron chi connectivity index (χ4n) is 2.53. The molecule has 0 bridgehead atoms. The van der Waals surface area contributed by atoms with Crippen LogP contribution in [0.4, 0.5) is 5.13 Å². The molecule has 0 saturated carbocycles. The van der Waals surface area contributed by atoms with Crippen LogP contribution in [0.1, 0.15) is 17.7 Å². The molecule has 1 aromatic carbocycles. The van der Waals surface area contributed by atoms with E-state index in [1.54, 1.807) is 25.6 Å². The number of rotatable bonds is 8. The first kappa shape index (κ1) is 18.4. The van der Waals surface area contributed by atoms with Crippen LogP contribution >= 0.6 is 22.7 Å². The Balaban J connectivity index is 1.61. The van der Waals surface area contributed by atoms with Crippen molar-refractivity contribution in [3.05, 3.63) is 46.0 Å². The molecule has 2 heterocycles. The molecule has 3 rings (SSSR count). The van der Waals surface area contributed by atoms with Gasteiger partial charge in [-0.25, -0.2) is 4.98 Å². The molecule has 0 aliphatic carbocycles. The third-order valence-electron chi connectivity index (χ3n) is 3.84. The van der Waals surface area contributed by atoms with Crippen LogP contribution in [-0.2, 0) is 11.2 Å². The van der Waals surface area contributed by atoms with Crippen LogP contribution in [0.3, 0.4) is 0 Å². The number of thiazole rings is 1. The van der Waals surface area contributed by atoms with E-state index in [2.05, 4.69) is 21.7 Å². The maximum absolute atomic E-state index is 12.1. The van der Waals surface area contributed by atoms with Crippen LogP contribution in [0.5, 0.6) is 11.5 Å². The summed E-state index contributed by atoms with van der Waals surface area (Å²) in [6, 6.07) is 9.68. The van der Waals surface area contributed by atoms with E-state index in [4.69, 9.17) is 9.47 Å². The highest BCUT2D eigenvalue weighted by atomic mass is 32.1. The number of hydrogen-bond acceptors (Lipinski definition) is 6. The first-order chi connectivity index (χ1) is 12.7. The number of benzene rings is 1. The predicted molar refractivity (Wildman–Crippen MR) is 107 cm³/mol. The second-order valence-corrected chi connectivity index (χ2v) is 7.48. The quantitative estimate of drug-likeness (QED) is 0.599. The van der Waals surface area contributed by atoms with Gasteiger partial charge in [-0.1, -0.05) is 6.07 Å². The molecule has 0 fully saturated rings. The lowest BCUT2D eigenvalue weighted by Gasteiger charge is -2.08. The van der Waals surface area contributed by atoms with Gasteiger partial charge in [0, 0.05) is 22.2 Å². The maximum Gasteiger partial charge on any atom is 0.226 e. The van der Waals surface area contributed by atoms with E-state index in [1.165, 1.54) is 16.2 Å². The van der Waals surface area contributed by atoms with E-state index in [9.17, 15) is 4.79 Å². The molecule has 0 aliphatic heterocycles. The molecule has 1 amide bonds. The number of carbonyl (C=O) groups is 1. The number of hydrogen-bond donors (Lipinski definition) is 1. The van der Waals surface area contributed by atoms with Crippen molar-refractivity contribution in [2.75, 3.05) is 19.5 Å². The fourth-order valence-corrected chi connectivity index (χ4v) is 4.01. The normalized spacial score (nSPS) is 10.5. The number of nitrogens with zero attached hydrogens (tertiary/aromatic N) is 1. The van der Waals surface area contributed by atoms with Gasteiger partial charge in [0.1, 0.15) is 11.5 Å². The number of aromatic nitrogens is 1. The number of anilines is 1. The molecule has 5 nitrogen and oxygen atoms in total. The highest BCUT2D eigenvalue weighted by Gasteiger charge is 2.13. The number of amides is 1. The Hall–Kier alpha value is -2.38. The Morgan fingerprint density at radius 1 is 1.19 bits per heavy atom. The lowest BCUT2D eigenvalue weighted by atomic mass is 10.1. The van der Waals surface area contributed by atoms with E-state index in [0.29, 0.717) is 17.3 Å². The summed E-state index contributed by atoms with van der Waals surface area (Å²) in [5.41, 5.74) is 1.58. The molecule has 0 atom stereocenters. The SMILES string of the molecule is COc1ccc(OC)c(-c2csc(NC(=O)CCCc3cccs3)n2)c1. The lowest BCUT2D eigenvalue weighted by molar-refractivity contribution is -0.116. The van der Waals surface area contributed by atoms with Crippen LogP contribution in [0.25, 0.3) is 11.3 Å². The average Bonchev–Trinajstić information content (AvgIpc) is 3.33. The summed E-state index contributed by atoms with van der Waals surface area (Å²) in [7, 11) is 3.24. The Labute approximate surface area is 160 Å². The second kappa shape index (κ2) is 8.82. The van der Waals surface area contributed by atoms with Gasteiger partial charge in [-0.2, -0.15) is 0 Å². The number of carbonyl (C=O) groups excluding carboxylic acids is 1. The van der Waals surface area contributed by atoms with Gasteiger partial charge >= 0.3 is 0 Å². The van der Waals surface area contributed by atoms with Crippen molar-refractivity contribution in [2.45, 2.75) is 19.3 Å². The predicted octanol–water partition coefficient (Wildman–Crippen LogP) is 4.85. The number of thiophene rings is 1. The van der Waals surface area contributed by atoms with Gasteiger partial charge < -0.3 is 14.8 Å². The maximum atomic E-state index is 12.1. The van der Waals surface area contributed by atoms with Gasteiger partial charge in [0.15, 0.2) is 5.13 Å². The topological polar surface area (TPSA) is 60.5 Å². The third-order valence-corrected chi connectivity index (χ3v) is 5.53. The van der Waals surface area contributed by atoms with Crippen LogP contribution in [-0.4, -0.2) is 25.1 Å². The second-order valence-electron chi connectivity index (χ2n) is 5.59. The molecule has 3 aromatic rings. The molecule has 0 radical (unpaired) electrons. The van der Waals surface area contributed by atoms with Crippen LogP contribution in [0.2, 0.25) is 0 Å². The van der Waals surface area contributed by atoms with Crippen molar-refractivity contribution in [3.8, 4) is 22.8 Å². The molecule has 0 spiro atoms. The van der Waals surface area contributed by atoms with Crippen molar-refractivity contribution < 1.29 is 14.3 Å². The number of nitrogens with one attached hydrogen (secondary N) is 1. The standard InChI is InChI=1S/C19H20N2O3S2/c1-23-13-8-9-17(24-2)15(11-13)16-12-26-19(20-16)21-18(22)7-3-5-14-6-4-10-25-14/h4,6,8-12H,3,5,7H2,1-2H3,(H,20,21,22). The first-order valence-corrected chi connectivity index (χ1v) is 9.95. The van der Waals surface area contributed by atoms with Crippen LogP contribution in [0, 0.1) is 0 Å². The fraction of sp³-hybridized carbons (Fsp3) is 0.263. The summed E-state index contributed by atoms with van der Waals surface area (Å²) in [4.78, 5) is 17.9. The summed E-state index contributed by atoms with van der Waals surface area (Å²) in [6.07, 6.45) is 2.23. The zero-order valence-electron chi connectivity index (χ0n) is 14.7. The smallest absolute Gasteiger partial charge is 0.226 e. The van der Waals surface area contributed by atoms with Crippen molar-refractivity contribution in [1.29, 1.82) is 0 Å². The highest BCUT2D eigenvalue weighted by Crippen LogP contribution is 2.35. The first-order valence-electron chi connectivity index (χ1n) is 8.19. The molecular formula is C19H20N2O3S2. The Morgan fingerprint density at radius 2 is 2.08 bits per heavy atom. The Kier molecular flexibility index (Phi) is 6.25. The van der Waals surface area contributed by atoms with Crippen molar-refractivity contribution in [1.82, 2.24) is 4.98 Å². The Morgan fingerprint density at radius 3 is 2.81 bits per heavy atom. The van der Waals surface area contributed by atoms with Crippen molar-refractivity contribution in [3.63, 3.8) is 0 Å². The van der Waals surface area contributed by atoms with Crippen molar-refractivity contribution in [2.24, 2.45) is 0 Å². The molecule has 0 aliphatic rings. The number of ether oxygens (including phenoxy) is 2. The molecule has 0 saturated heterocycles. The van der Waals surface area contributed by atoms with Crippen LogP contribution < -0.4 is 14.8 Å². The monoisotopic (exact) mass is 388 g/mol. The zero-order valence-corrected chi connectivity index (χ0v) is 16.3. The Bertz CT molecular complexity index is 860. The van der Waals surface area contributed by atoms with E-state index < -0.39 is 0 Å². The summed E-state index contributed by atoms with van der Waals surface area (Å²) in [5, 5.41) is 7.42. The summed E-state index contributed by atoms with van der Waals surface area (Å²) in [5.74, 6) is 1.43. The van der Waals surface area contributed by atoms with Gasteiger partial charge in [0.2, 0.25) is 5.91 Å². The molecule has 2 aromatic heterocycles. The zero-order chi connectivity index (χ0) is 18.4. The molecular weight excluding hydrogens is 368 g/mol. The van der Waals surface area contributed by atoms with Gasteiger partial charge in [0.25, 0.3) is 0 Å². The van der Waals surface area contributed by atoms with Gasteiger partial charge in [-0.3, -0.25) is 4.79 Å². The number of aryl methyl sites for hydroxylation is 1. The third kappa shape index (κ3) is 4.62. The van der Waals surface area contributed by atoms with Crippen molar-refractivity contribution >= 4 is 33.7 Å². The highest BCUT2D eigenvalue weighted by molar-refractivity contribution is 7.14. The number of methoxy groups -OCH3 is 2. The lowest BCUT2D eigenvalue weighted by Crippen LogP contribution is -2.11. The van der Waals surface area contributed by atoms with Gasteiger partial charge in [-0.05, 0) is 42.5 Å². The molecule has 136 valence electrons. The summed E-state index contributed by atoms with van der Waals surface area (Å²) >= 11 is 3.12. The van der Waals surface area contributed by atoms with Gasteiger partial charge in [-0.15, -0.1) is 22.7 Å². The molecule has 7 heteroatoms. The molecule has 26 heavy (non-hydrogen) atoms. The molecule has 1 N–H and O–H groups in total.